The van der Waals surface area contributed by atoms with Crippen molar-refractivity contribution in [2.45, 2.75) is 24.7 Å². The number of rotatable bonds is 2. The number of hydrogen-bond donors (Lipinski definition) is 0. The van der Waals surface area contributed by atoms with Crippen LogP contribution in [0.3, 0.4) is 0 Å². The third-order valence-corrected chi connectivity index (χ3v) is 6.38. The number of carbonyl (C=O) groups is 2. The summed E-state index contributed by atoms with van der Waals surface area (Å²) >= 11 is 0. The topological polar surface area (TPSA) is 43.4 Å². The monoisotopic (exact) mass is 698 g/mol. The molecule has 0 bridgehead atoms. The van der Waals surface area contributed by atoms with Crippen LogP contribution in [-0.2, 0) is 29.4 Å². The molecule has 0 amide bonds. The summed E-state index contributed by atoms with van der Waals surface area (Å²) in [7, 11) is 0. The quantitative estimate of drug-likeness (QED) is 0.0907. The Kier molecular flexibility index (Phi) is 9.90. The van der Waals surface area contributed by atoms with Gasteiger partial charge in [-0.05, 0) is 48.5 Å². The first-order chi connectivity index (χ1) is 22.7. The Balaban J connectivity index is 1.95. The molecule has 0 N–H and O–H groups in total. The highest BCUT2D eigenvalue weighted by Gasteiger charge is 2.43. The minimum Gasteiger partial charge on any atom is -0.386 e. The molecule has 0 aliphatic heterocycles. The lowest BCUT2D eigenvalue weighted by atomic mass is 9.95. The lowest BCUT2D eigenvalue weighted by molar-refractivity contribution is -0.144. The van der Waals surface area contributed by atoms with Gasteiger partial charge in [0, 0.05) is 11.1 Å². The number of alkyl halides is 12. The van der Waals surface area contributed by atoms with E-state index in [0.29, 0.717) is 0 Å². The molecule has 0 radical (unpaired) electrons. The van der Waals surface area contributed by atoms with Gasteiger partial charge < -0.3 is 4.74 Å². The van der Waals surface area contributed by atoms with Gasteiger partial charge in [0.15, 0.2) is 0 Å². The average molecular weight is 698 g/mol. The average Bonchev–Trinajstić information content (AvgIpc) is 3.01. The van der Waals surface area contributed by atoms with Gasteiger partial charge in [-0.1, -0.05) is 60.1 Å². The zero-order valence-corrected chi connectivity index (χ0v) is 23.8. The van der Waals surface area contributed by atoms with Crippen molar-refractivity contribution < 1.29 is 67.0 Å². The Morgan fingerprint density at radius 1 is 0.449 bits per heavy atom. The summed E-state index contributed by atoms with van der Waals surface area (Å²) < 4.78 is 170. The minimum absolute atomic E-state index is 0.0243. The molecule has 252 valence electrons. The highest BCUT2D eigenvalue weighted by atomic mass is 19.4. The first kappa shape index (κ1) is 36.1. The second kappa shape index (κ2) is 13.4. The Hall–Kier alpha value is -5.70. The number of hydrogen-bond acceptors (Lipinski definition) is 3. The van der Waals surface area contributed by atoms with Crippen LogP contribution in [0.1, 0.15) is 65.2 Å². The van der Waals surface area contributed by atoms with E-state index < -0.39 is 81.2 Å². The van der Waals surface area contributed by atoms with Gasteiger partial charge in [-0.2, -0.15) is 52.7 Å². The Bertz CT molecular complexity index is 1870. The normalized spacial score (nSPS) is 11.9. The number of carbonyl (C=O) groups excluding carboxylic acids is 2. The second-order valence-corrected chi connectivity index (χ2v) is 9.79. The van der Waals surface area contributed by atoms with Gasteiger partial charge >= 0.3 is 36.6 Å². The van der Waals surface area contributed by atoms with E-state index in [2.05, 4.69) is 16.6 Å². The number of esters is 2. The van der Waals surface area contributed by atoms with E-state index in [1.165, 1.54) is 60.7 Å². The zero-order valence-electron chi connectivity index (χ0n) is 23.8. The smallest absolute Gasteiger partial charge is 0.386 e. The summed E-state index contributed by atoms with van der Waals surface area (Å²) in [5.74, 6) is 3.65. The summed E-state index contributed by atoms with van der Waals surface area (Å²) in [5.41, 5.74) is -14.3. The van der Waals surface area contributed by atoms with Gasteiger partial charge in [-0.3, -0.25) is 0 Å². The van der Waals surface area contributed by atoms with Gasteiger partial charge in [-0.15, -0.1) is 0 Å². The molecule has 0 unspecified atom stereocenters. The molecule has 0 aliphatic carbocycles. The fourth-order valence-electron chi connectivity index (χ4n) is 4.16. The number of ether oxygens (including phenoxy) is 1. The Labute approximate surface area is 268 Å². The van der Waals surface area contributed by atoms with E-state index in [1.54, 1.807) is 0 Å². The van der Waals surface area contributed by atoms with Gasteiger partial charge in [0.2, 0.25) is 0 Å². The fourth-order valence-corrected chi connectivity index (χ4v) is 4.16. The van der Waals surface area contributed by atoms with Crippen LogP contribution in [-0.4, -0.2) is 11.9 Å². The van der Waals surface area contributed by atoms with Crippen LogP contribution in [0.25, 0.3) is 0 Å². The fraction of sp³-hybridized carbons (Fsp3) is 0.118. The molecule has 0 aliphatic rings. The largest absolute Gasteiger partial charge is 0.417 e. The van der Waals surface area contributed by atoms with Crippen molar-refractivity contribution in [3.05, 3.63) is 141 Å². The summed E-state index contributed by atoms with van der Waals surface area (Å²) in [6.45, 7) is 0. The Morgan fingerprint density at radius 2 is 0.776 bits per heavy atom. The molecule has 0 atom stereocenters. The molecule has 0 aromatic heterocycles. The third kappa shape index (κ3) is 8.81. The van der Waals surface area contributed by atoms with Crippen LogP contribution in [0, 0.1) is 23.7 Å². The molecular formula is C34H14F12O3. The van der Waals surface area contributed by atoms with Crippen molar-refractivity contribution in [2.24, 2.45) is 0 Å². The lowest BCUT2D eigenvalue weighted by Gasteiger charge is -2.18. The molecular weight excluding hydrogens is 684 g/mol. The molecule has 15 heteroatoms. The Morgan fingerprint density at radius 3 is 1.06 bits per heavy atom. The summed E-state index contributed by atoms with van der Waals surface area (Å²) in [6, 6.07) is 12.7. The molecule has 0 saturated heterocycles. The van der Waals surface area contributed by atoms with Gasteiger partial charge in [0.1, 0.15) is 0 Å². The van der Waals surface area contributed by atoms with Crippen molar-refractivity contribution in [2.75, 3.05) is 0 Å². The van der Waals surface area contributed by atoms with Gasteiger partial charge in [-0.25, -0.2) is 9.59 Å². The maximum atomic E-state index is 14.0. The second-order valence-electron chi connectivity index (χ2n) is 9.79. The molecule has 4 aromatic carbocycles. The molecule has 0 spiro atoms. The van der Waals surface area contributed by atoms with Gasteiger partial charge in [0.05, 0.1) is 44.5 Å². The van der Waals surface area contributed by atoms with Crippen molar-refractivity contribution in [1.82, 2.24) is 0 Å². The summed E-state index contributed by atoms with van der Waals surface area (Å²) in [4.78, 5) is 26.3. The predicted octanol–water partition coefficient (Wildman–Crippen LogP) is 9.56. The van der Waals surface area contributed by atoms with Crippen LogP contribution in [0.5, 0.6) is 0 Å². The highest BCUT2D eigenvalue weighted by molar-refractivity contribution is 6.05. The standard InChI is InChI=1S/C34H14F12O3/c35-31(36,37)21-15-25(23(27(17-21)33(41,42)43)13-11-19-7-3-1-4-8-19)29(47)49-30(48)26-16-22(32(38,39)40)18-28(34(44,45)46)24(26)14-12-20-9-5-2-6-10-20/h1-10,15-18H. The molecule has 0 saturated carbocycles. The van der Waals surface area contributed by atoms with Crippen LogP contribution >= 0.6 is 0 Å². The molecule has 0 heterocycles. The van der Waals surface area contributed by atoms with E-state index in [4.69, 9.17) is 0 Å². The zero-order chi connectivity index (χ0) is 36.4. The highest BCUT2D eigenvalue weighted by Crippen LogP contribution is 2.41. The van der Waals surface area contributed by atoms with Crippen LogP contribution in [0.4, 0.5) is 52.7 Å². The molecule has 0 fully saturated rings. The predicted molar refractivity (Wildman–Crippen MR) is 147 cm³/mol. The molecule has 4 rings (SSSR count). The SMILES string of the molecule is O=C(OC(=O)c1cc(C(F)(F)F)cc(C(F)(F)F)c1C#Cc1ccccc1)c1cc(C(F)(F)F)cc(C(F)(F)F)c1C#Cc1ccccc1. The van der Waals surface area contributed by atoms with E-state index >= 15 is 0 Å². The maximum absolute atomic E-state index is 14.0. The van der Waals surface area contributed by atoms with Crippen LogP contribution in [0.2, 0.25) is 0 Å². The molecule has 49 heavy (non-hydrogen) atoms. The first-order valence-electron chi connectivity index (χ1n) is 13.2. The van der Waals surface area contributed by atoms with Gasteiger partial charge in [0.25, 0.3) is 0 Å². The van der Waals surface area contributed by atoms with Crippen LogP contribution < -0.4 is 0 Å². The van der Waals surface area contributed by atoms with Crippen molar-refractivity contribution in [3.63, 3.8) is 0 Å². The van der Waals surface area contributed by atoms with Crippen molar-refractivity contribution in [3.8, 4) is 23.7 Å². The molecule has 4 aromatic rings. The van der Waals surface area contributed by atoms with E-state index in [0.717, 1.165) is 0 Å². The van der Waals surface area contributed by atoms with E-state index in [1.807, 2.05) is 11.8 Å². The van der Waals surface area contributed by atoms with E-state index in [9.17, 15) is 62.3 Å². The molecule has 3 nitrogen and oxygen atoms in total. The van der Waals surface area contributed by atoms with Crippen molar-refractivity contribution >= 4 is 11.9 Å². The summed E-state index contributed by atoms with van der Waals surface area (Å²) in [5, 5.41) is 0. The van der Waals surface area contributed by atoms with Crippen molar-refractivity contribution in [1.29, 1.82) is 0 Å². The van der Waals surface area contributed by atoms with Crippen LogP contribution in [0.15, 0.2) is 84.9 Å². The van der Waals surface area contributed by atoms with E-state index in [-0.39, 0.29) is 35.4 Å². The lowest BCUT2D eigenvalue weighted by Crippen LogP contribution is -2.22. The third-order valence-electron chi connectivity index (χ3n) is 6.38. The maximum Gasteiger partial charge on any atom is 0.417 e. The first-order valence-corrected chi connectivity index (χ1v) is 13.2. The minimum atomic E-state index is -5.59. The number of halogens is 12. The summed E-state index contributed by atoms with van der Waals surface area (Å²) in [6.07, 6.45) is -22.2. The number of benzene rings is 4.